The van der Waals surface area contributed by atoms with Crippen LogP contribution in [0.25, 0.3) is 0 Å². The molecule has 2 amide bonds. The van der Waals surface area contributed by atoms with Crippen LogP contribution in [0, 0.1) is 0 Å². The van der Waals surface area contributed by atoms with Crippen LogP contribution in [0.15, 0.2) is 114 Å². The van der Waals surface area contributed by atoms with E-state index in [1.54, 1.807) is 53.5 Å². The lowest BCUT2D eigenvalue weighted by Crippen LogP contribution is -2.44. The van der Waals surface area contributed by atoms with Crippen molar-refractivity contribution in [2.45, 2.75) is 12.3 Å². The van der Waals surface area contributed by atoms with Gasteiger partial charge < -0.3 is 0 Å². The van der Waals surface area contributed by atoms with Gasteiger partial charge in [0, 0.05) is 15.6 Å². The number of hydrazone groups is 1. The highest BCUT2D eigenvalue weighted by atomic mass is 35.5. The SMILES string of the molecule is CC1(c2ccccc2)CN(CC(=O)N(C(=O)c2ccccc2)c2ccc(Cl)cc2)N=C1c1ccc(Cl)cc1. The third kappa shape index (κ3) is 5.21. The van der Waals surface area contributed by atoms with Crippen LogP contribution in [-0.2, 0) is 10.2 Å². The van der Waals surface area contributed by atoms with Crippen LogP contribution in [0.5, 0.6) is 0 Å². The zero-order valence-corrected chi connectivity index (χ0v) is 22.2. The Kier molecular flexibility index (Phi) is 7.32. The second kappa shape index (κ2) is 10.8. The van der Waals surface area contributed by atoms with Gasteiger partial charge in [-0.2, -0.15) is 5.10 Å². The van der Waals surface area contributed by atoms with Crippen LogP contribution in [-0.4, -0.2) is 35.6 Å². The first-order chi connectivity index (χ1) is 18.3. The summed E-state index contributed by atoms with van der Waals surface area (Å²) in [6.45, 7) is 2.50. The second-order valence-electron chi connectivity index (χ2n) is 9.35. The zero-order chi connectivity index (χ0) is 26.7. The molecule has 38 heavy (non-hydrogen) atoms. The summed E-state index contributed by atoms with van der Waals surface area (Å²) in [7, 11) is 0. The molecule has 0 fully saturated rings. The Morgan fingerprint density at radius 1 is 0.816 bits per heavy atom. The summed E-state index contributed by atoms with van der Waals surface area (Å²) in [5.41, 5.74) is 3.21. The van der Waals surface area contributed by atoms with E-state index >= 15 is 0 Å². The summed E-state index contributed by atoms with van der Waals surface area (Å²) < 4.78 is 0. The van der Waals surface area contributed by atoms with E-state index in [0.29, 0.717) is 27.8 Å². The van der Waals surface area contributed by atoms with Gasteiger partial charge in [0.15, 0.2) is 0 Å². The average molecular weight is 542 g/mol. The molecule has 1 heterocycles. The number of carbonyl (C=O) groups excluding carboxylic acids is 2. The van der Waals surface area contributed by atoms with Crippen LogP contribution in [0.2, 0.25) is 10.0 Å². The van der Waals surface area contributed by atoms with Crippen molar-refractivity contribution in [3.8, 4) is 0 Å². The molecule has 0 aliphatic carbocycles. The van der Waals surface area contributed by atoms with Gasteiger partial charge >= 0.3 is 0 Å². The predicted molar refractivity (Wildman–Crippen MR) is 153 cm³/mol. The summed E-state index contributed by atoms with van der Waals surface area (Å²) in [4.78, 5) is 28.5. The Hall–Kier alpha value is -3.93. The molecule has 0 radical (unpaired) electrons. The van der Waals surface area contributed by atoms with Crippen molar-refractivity contribution >= 4 is 46.4 Å². The van der Waals surface area contributed by atoms with Crippen molar-refractivity contribution in [2.75, 3.05) is 18.0 Å². The lowest BCUT2D eigenvalue weighted by atomic mass is 9.76. The number of amides is 2. The van der Waals surface area contributed by atoms with E-state index in [9.17, 15) is 9.59 Å². The number of rotatable bonds is 6. The molecule has 4 aromatic carbocycles. The first-order valence-corrected chi connectivity index (χ1v) is 12.9. The smallest absolute Gasteiger partial charge is 0.265 e. The minimum Gasteiger partial charge on any atom is -0.286 e. The molecule has 0 aromatic heterocycles. The Morgan fingerprint density at radius 2 is 1.37 bits per heavy atom. The molecule has 0 N–H and O–H groups in total. The van der Waals surface area contributed by atoms with Crippen molar-refractivity contribution < 1.29 is 9.59 Å². The molecule has 1 atom stereocenters. The summed E-state index contributed by atoms with van der Waals surface area (Å²) in [6.07, 6.45) is 0. The minimum atomic E-state index is -0.482. The van der Waals surface area contributed by atoms with Crippen LogP contribution < -0.4 is 4.90 Å². The van der Waals surface area contributed by atoms with Gasteiger partial charge in [-0.05, 0) is 66.6 Å². The van der Waals surface area contributed by atoms with Gasteiger partial charge in [-0.3, -0.25) is 14.6 Å². The van der Waals surface area contributed by atoms with E-state index in [2.05, 4.69) is 19.1 Å². The second-order valence-corrected chi connectivity index (χ2v) is 10.2. The van der Waals surface area contributed by atoms with Gasteiger partial charge in [0.2, 0.25) is 0 Å². The highest BCUT2D eigenvalue weighted by molar-refractivity contribution is 6.31. The highest BCUT2D eigenvalue weighted by Crippen LogP contribution is 2.35. The van der Waals surface area contributed by atoms with E-state index in [4.69, 9.17) is 28.3 Å². The summed E-state index contributed by atoms with van der Waals surface area (Å²) in [5.74, 6) is -0.803. The quantitative estimate of drug-likeness (QED) is 0.268. The van der Waals surface area contributed by atoms with E-state index in [1.807, 2.05) is 48.5 Å². The van der Waals surface area contributed by atoms with Crippen molar-refractivity contribution in [1.82, 2.24) is 5.01 Å². The molecule has 5 rings (SSSR count). The molecule has 5 nitrogen and oxygen atoms in total. The van der Waals surface area contributed by atoms with Gasteiger partial charge in [0.1, 0.15) is 6.54 Å². The molecule has 1 aliphatic rings. The molecule has 0 saturated carbocycles. The molecule has 1 unspecified atom stereocenters. The molecule has 7 heteroatoms. The van der Waals surface area contributed by atoms with E-state index < -0.39 is 17.2 Å². The fraction of sp³-hybridized carbons (Fsp3) is 0.129. The van der Waals surface area contributed by atoms with E-state index in [-0.39, 0.29) is 6.54 Å². The molecule has 0 spiro atoms. The number of halogens is 2. The lowest BCUT2D eigenvalue weighted by Gasteiger charge is -2.28. The number of hydrogen-bond donors (Lipinski definition) is 0. The topological polar surface area (TPSA) is 53.0 Å². The number of nitrogens with zero attached hydrogens (tertiary/aromatic N) is 3. The Bertz CT molecular complexity index is 1470. The first kappa shape index (κ1) is 25.7. The third-order valence-corrected chi connectivity index (χ3v) is 7.17. The van der Waals surface area contributed by atoms with E-state index in [0.717, 1.165) is 16.8 Å². The van der Waals surface area contributed by atoms with Crippen LogP contribution >= 0.6 is 23.2 Å². The zero-order valence-electron chi connectivity index (χ0n) is 20.7. The maximum Gasteiger partial charge on any atom is 0.265 e. The van der Waals surface area contributed by atoms with Crippen LogP contribution in [0.3, 0.4) is 0 Å². The fourth-order valence-corrected chi connectivity index (χ4v) is 4.99. The third-order valence-electron chi connectivity index (χ3n) is 6.67. The molecule has 4 aromatic rings. The monoisotopic (exact) mass is 541 g/mol. The summed E-state index contributed by atoms with van der Waals surface area (Å²) >= 11 is 12.2. The van der Waals surface area contributed by atoms with Crippen molar-refractivity contribution in [3.05, 3.63) is 136 Å². The van der Waals surface area contributed by atoms with Crippen molar-refractivity contribution in [3.63, 3.8) is 0 Å². The summed E-state index contributed by atoms with van der Waals surface area (Å²) in [5, 5.41) is 7.80. The highest BCUT2D eigenvalue weighted by Gasteiger charge is 2.42. The predicted octanol–water partition coefficient (Wildman–Crippen LogP) is 6.84. The molecule has 0 saturated heterocycles. The number of imide groups is 1. The van der Waals surface area contributed by atoms with Gasteiger partial charge in [-0.25, -0.2) is 4.90 Å². The standard InChI is InChI=1S/C31H25Cl2N3O2/c1-31(24-10-6-3-7-11-24)21-35(34-29(31)22-12-14-25(32)15-13-22)20-28(37)36(27-18-16-26(33)17-19-27)30(38)23-8-4-2-5-9-23/h2-19H,20-21H2,1H3. The molecule has 190 valence electrons. The fourth-order valence-electron chi connectivity index (χ4n) is 4.74. The van der Waals surface area contributed by atoms with Crippen molar-refractivity contribution in [1.29, 1.82) is 0 Å². The molecule has 1 aliphatic heterocycles. The number of benzene rings is 4. The van der Waals surface area contributed by atoms with Crippen LogP contribution in [0.1, 0.15) is 28.4 Å². The first-order valence-electron chi connectivity index (χ1n) is 12.2. The minimum absolute atomic E-state index is 0.0826. The maximum absolute atomic E-state index is 13.8. The largest absolute Gasteiger partial charge is 0.286 e. The van der Waals surface area contributed by atoms with Crippen molar-refractivity contribution in [2.24, 2.45) is 5.10 Å². The van der Waals surface area contributed by atoms with Gasteiger partial charge in [-0.15, -0.1) is 0 Å². The normalized spacial score (nSPS) is 16.7. The van der Waals surface area contributed by atoms with Crippen LogP contribution in [0.4, 0.5) is 5.69 Å². The number of hydrogen-bond acceptors (Lipinski definition) is 4. The van der Waals surface area contributed by atoms with Gasteiger partial charge in [-0.1, -0.05) is 83.9 Å². The van der Waals surface area contributed by atoms with E-state index in [1.165, 1.54) is 4.90 Å². The Labute approximate surface area is 231 Å². The molecule has 0 bridgehead atoms. The number of carbonyl (C=O) groups is 2. The molecular weight excluding hydrogens is 517 g/mol. The van der Waals surface area contributed by atoms with Gasteiger partial charge in [0.25, 0.3) is 11.8 Å². The molecular formula is C31H25Cl2N3O2. The number of anilines is 1. The Balaban J connectivity index is 1.49. The maximum atomic E-state index is 13.8. The lowest BCUT2D eigenvalue weighted by molar-refractivity contribution is -0.119. The summed E-state index contributed by atoms with van der Waals surface area (Å²) in [6, 6.07) is 33.0. The average Bonchev–Trinajstić information content (AvgIpc) is 3.28. The van der Waals surface area contributed by atoms with Gasteiger partial charge in [0.05, 0.1) is 23.4 Å². The Morgan fingerprint density at radius 3 is 1.97 bits per heavy atom.